The zero-order chi connectivity index (χ0) is 27.1. The van der Waals surface area contributed by atoms with Crippen molar-refractivity contribution in [2.75, 3.05) is 46.6 Å². The molecule has 2 aromatic rings. The van der Waals surface area contributed by atoms with Crippen molar-refractivity contribution in [2.45, 2.75) is 44.6 Å². The first-order chi connectivity index (χ1) is 18.5. The van der Waals surface area contributed by atoms with Crippen molar-refractivity contribution in [1.82, 2.24) is 9.80 Å². The molecule has 2 aliphatic rings. The van der Waals surface area contributed by atoms with Crippen molar-refractivity contribution in [3.63, 3.8) is 0 Å². The number of likely N-dealkylation sites (tertiary alicyclic amines) is 1. The number of nitrogens with two attached hydrogens (primary N) is 1. The maximum absolute atomic E-state index is 13.5. The van der Waals surface area contributed by atoms with E-state index in [0.717, 1.165) is 30.4 Å². The summed E-state index contributed by atoms with van der Waals surface area (Å²) in [5.41, 5.74) is 7.52. The Morgan fingerprint density at radius 3 is 2.63 bits per heavy atom. The summed E-state index contributed by atoms with van der Waals surface area (Å²) in [5, 5.41) is 10.5. The second-order valence-electron chi connectivity index (χ2n) is 9.97. The van der Waals surface area contributed by atoms with E-state index < -0.39 is 17.9 Å². The topological polar surface area (TPSA) is 115 Å². The van der Waals surface area contributed by atoms with Gasteiger partial charge in [-0.2, -0.15) is 0 Å². The number of hydrogen-bond acceptors (Lipinski definition) is 7. The van der Waals surface area contributed by atoms with Gasteiger partial charge in [0.25, 0.3) is 0 Å². The van der Waals surface area contributed by atoms with E-state index in [9.17, 15) is 14.7 Å². The first kappa shape index (κ1) is 27.7. The van der Waals surface area contributed by atoms with Crippen molar-refractivity contribution in [1.29, 1.82) is 0 Å². The average Bonchev–Trinajstić information content (AvgIpc) is 3.53. The van der Waals surface area contributed by atoms with Crippen LogP contribution in [-0.4, -0.2) is 79.5 Å². The summed E-state index contributed by atoms with van der Waals surface area (Å²) in [7, 11) is 1.61. The number of methoxy groups -OCH3 is 1. The molecule has 206 valence electrons. The average molecular weight is 526 g/mol. The minimum Gasteiger partial charge on any atom is -0.496 e. The predicted molar refractivity (Wildman–Crippen MR) is 144 cm³/mol. The first-order valence-electron chi connectivity index (χ1n) is 13.4. The lowest BCUT2D eigenvalue weighted by Crippen LogP contribution is -2.45. The molecule has 0 saturated carbocycles. The number of carboxylic acids is 1. The molecule has 0 bridgehead atoms. The van der Waals surface area contributed by atoms with Gasteiger partial charge in [0.15, 0.2) is 11.5 Å². The van der Waals surface area contributed by atoms with Crippen LogP contribution in [0.5, 0.6) is 17.2 Å². The fourth-order valence-electron chi connectivity index (χ4n) is 5.59. The second kappa shape index (κ2) is 13.0. The van der Waals surface area contributed by atoms with Gasteiger partial charge in [0.2, 0.25) is 12.7 Å². The largest absolute Gasteiger partial charge is 0.496 e. The number of rotatable bonds is 13. The molecule has 9 heteroatoms. The number of carbonyl (C=O) groups excluding carboxylic acids is 1. The number of carboxylic acid groups (broad SMARTS) is 1. The lowest BCUT2D eigenvalue weighted by atomic mass is 9.83. The molecule has 2 aromatic carbocycles. The van der Waals surface area contributed by atoms with Gasteiger partial charge in [-0.3, -0.25) is 14.5 Å². The summed E-state index contributed by atoms with van der Waals surface area (Å²) in [6.45, 7) is 4.65. The number of aliphatic carboxylic acids is 1. The number of benzene rings is 2. The van der Waals surface area contributed by atoms with Crippen LogP contribution in [0.4, 0.5) is 0 Å². The number of carbonyl (C=O) groups is 2. The quantitative estimate of drug-likeness (QED) is 0.410. The third kappa shape index (κ3) is 6.22. The van der Waals surface area contributed by atoms with Crippen LogP contribution in [0.3, 0.4) is 0 Å². The van der Waals surface area contributed by atoms with Crippen molar-refractivity contribution in [3.05, 3.63) is 53.6 Å². The molecule has 38 heavy (non-hydrogen) atoms. The molecule has 3 N–H and O–H groups in total. The van der Waals surface area contributed by atoms with Crippen molar-refractivity contribution in [2.24, 2.45) is 11.7 Å². The van der Waals surface area contributed by atoms with E-state index in [0.29, 0.717) is 49.8 Å². The molecule has 0 spiro atoms. The maximum Gasteiger partial charge on any atom is 0.308 e. The molecular weight excluding hydrogens is 486 g/mol. The van der Waals surface area contributed by atoms with Crippen LogP contribution >= 0.6 is 0 Å². The molecule has 0 aliphatic carbocycles. The molecule has 0 radical (unpaired) electrons. The number of ether oxygens (including phenoxy) is 3. The number of para-hydroxylation sites is 1. The fourth-order valence-corrected chi connectivity index (χ4v) is 5.59. The lowest BCUT2D eigenvalue weighted by Gasteiger charge is -2.30. The van der Waals surface area contributed by atoms with E-state index in [2.05, 4.69) is 6.92 Å². The Hall–Kier alpha value is -3.30. The predicted octanol–water partition coefficient (Wildman–Crippen LogP) is 3.11. The molecular formula is C29H39N3O6. The highest BCUT2D eigenvalue weighted by molar-refractivity contribution is 5.79. The molecule has 2 heterocycles. The van der Waals surface area contributed by atoms with Crippen LogP contribution < -0.4 is 19.9 Å². The van der Waals surface area contributed by atoms with Gasteiger partial charge < -0.3 is 30.0 Å². The second-order valence-corrected chi connectivity index (χ2v) is 9.97. The van der Waals surface area contributed by atoms with Gasteiger partial charge >= 0.3 is 5.97 Å². The Balaban J connectivity index is 1.66. The van der Waals surface area contributed by atoms with E-state index in [1.165, 1.54) is 0 Å². The van der Waals surface area contributed by atoms with Crippen molar-refractivity contribution < 1.29 is 28.9 Å². The molecule has 2 aliphatic heterocycles. The van der Waals surface area contributed by atoms with Gasteiger partial charge in [-0.15, -0.1) is 0 Å². The monoisotopic (exact) mass is 525 g/mol. The molecule has 4 rings (SSSR count). The number of fused-ring (bicyclic) bond motifs is 1. The van der Waals surface area contributed by atoms with E-state index in [1.807, 2.05) is 52.3 Å². The third-order valence-electron chi connectivity index (χ3n) is 7.58. The van der Waals surface area contributed by atoms with E-state index >= 15 is 0 Å². The van der Waals surface area contributed by atoms with Crippen LogP contribution in [0.2, 0.25) is 0 Å². The Kier molecular flexibility index (Phi) is 9.47. The zero-order valence-corrected chi connectivity index (χ0v) is 22.3. The summed E-state index contributed by atoms with van der Waals surface area (Å²) < 4.78 is 16.6. The molecule has 0 aromatic heterocycles. The summed E-state index contributed by atoms with van der Waals surface area (Å²) in [6.07, 6.45) is 3.09. The van der Waals surface area contributed by atoms with Crippen LogP contribution in [0, 0.1) is 5.92 Å². The van der Waals surface area contributed by atoms with Gasteiger partial charge in [-0.05, 0) is 55.1 Å². The van der Waals surface area contributed by atoms with Gasteiger partial charge in [-0.25, -0.2) is 0 Å². The van der Waals surface area contributed by atoms with Crippen molar-refractivity contribution in [3.8, 4) is 17.2 Å². The Morgan fingerprint density at radius 2 is 1.89 bits per heavy atom. The number of amides is 1. The maximum atomic E-state index is 13.5. The van der Waals surface area contributed by atoms with Gasteiger partial charge in [0.05, 0.1) is 19.6 Å². The van der Waals surface area contributed by atoms with E-state index in [4.69, 9.17) is 19.9 Å². The highest BCUT2D eigenvalue weighted by Gasteiger charge is 2.47. The normalized spacial score (nSPS) is 20.4. The van der Waals surface area contributed by atoms with E-state index in [1.54, 1.807) is 7.11 Å². The number of nitrogens with zero attached hydrogens (tertiary/aromatic N) is 2. The van der Waals surface area contributed by atoms with Gasteiger partial charge in [-0.1, -0.05) is 37.6 Å². The summed E-state index contributed by atoms with van der Waals surface area (Å²) in [6, 6.07) is 12.9. The standard InChI is InChI=1S/C29H39N3O6/c1-3-4-13-31(14-7-12-30)27(33)18-32-17-22(20-10-11-25-26(16-20)38-19-37-25)28(29(34)35)23(32)15-21-8-5-6-9-24(21)36-2/h5-6,8-11,16,22-23,28H,3-4,7,12-15,17-19,30H2,1-2H3,(H,34,35)/t22-,23+,28-/m1/s1. The molecule has 9 nitrogen and oxygen atoms in total. The molecule has 1 fully saturated rings. The van der Waals surface area contributed by atoms with Gasteiger partial charge in [0.1, 0.15) is 5.75 Å². The fraction of sp³-hybridized carbons (Fsp3) is 0.517. The minimum atomic E-state index is -0.881. The number of hydrogen-bond donors (Lipinski definition) is 2. The Morgan fingerprint density at radius 1 is 1.13 bits per heavy atom. The summed E-state index contributed by atoms with van der Waals surface area (Å²) in [5.74, 6) is 0.0735. The Bertz CT molecular complexity index is 1100. The van der Waals surface area contributed by atoms with Crippen LogP contribution in [0.15, 0.2) is 42.5 Å². The molecule has 1 amide bonds. The Labute approximate surface area is 224 Å². The molecule has 0 unspecified atom stereocenters. The van der Waals surface area contributed by atoms with Crippen LogP contribution in [0.1, 0.15) is 43.2 Å². The smallest absolute Gasteiger partial charge is 0.308 e. The van der Waals surface area contributed by atoms with Crippen LogP contribution in [0.25, 0.3) is 0 Å². The minimum absolute atomic E-state index is 0.00685. The van der Waals surface area contributed by atoms with Crippen molar-refractivity contribution >= 4 is 11.9 Å². The van der Waals surface area contributed by atoms with E-state index in [-0.39, 0.29) is 25.2 Å². The first-order valence-corrected chi connectivity index (χ1v) is 13.4. The summed E-state index contributed by atoms with van der Waals surface area (Å²) >= 11 is 0. The SMILES string of the molecule is CCCCN(CCCN)C(=O)CN1C[C@H](c2ccc3c(c2)OCO3)[C@@H](C(=O)O)[C@@H]1Cc1ccccc1OC. The van der Waals surface area contributed by atoms with Crippen LogP contribution in [-0.2, 0) is 16.0 Å². The zero-order valence-electron chi connectivity index (χ0n) is 22.3. The highest BCUT2D eigenvalue weighted by atomic mass is 16.7. The lowest BCUT2D eigenvalue weighted by molar-refractivity contribution is -0.143. The summed E-state index contributed by atoms with van der Waals surface area (Å²) in [4.78, 5) is 30.3. The molecule has 1 saturated heterocycles. The molecule has 3 atom stereocenters. The third-order valence-corrected chi connectivity index (χ3v) is 7.58. The van der Waals surface area contributed by atoms with Gasteiger partial charge in [0, 0.05) is 31.6 Å². The number of unbranched alkanes of at least 4 members (excludes halogenated alkanes) is 1. The highest BCUT2D eigenvalue weighted by Crippen LogP contribution is 2.43.